The number of amides is 1. The number of rotatable bonds is 11. The van der Waals surface area contributed by atoms with Crippen LogP contribution < -0.4 is 20.1 Å². The number of halogens is 2. The molecule has 9 nitrogen and oxygen atoms in total. The maximum absolute atomic E-state index is 13.6. The number of carbonyl (C=O) groups excluding carboxylic acids is 2. The van der Waals surface area contributed by atoms with Crippen molar-refractivity contribution in [2.24, 2.45) is 5.92 Å². The molecule has 0 aliphatic rings. The SMILES string of the molecule is COc1cc2ncnc(Nc3ccc(OCc4cccc(F)c4)c(Cl)c3)c2cc1NC(=O)C(C=O)Cc1cccc2nc3ccccc3cc12. The maximum Gasteiger partial charge on any atom is 0.235 e. The summed E-state index contributed by atoms with van der Waals surface area (Å²) in [5, 5.41) is 8.92. The van der Waals surface area contributed by atoms with Crippen LogP contribution in [0.5, 0.6) is 11.5 Å². The second kappa shape index (κ2) is 14.2. The van der Waals surface area contributed by atoms with Crippen molar-refractivity contribution in [3.05, 3.63) is 131 Å². The van der Waals surface area contributed by atoms with Gasteiger partial charge in [-0.1, -0.05) is 54.1 Å². The summed E-state index contributed by atoms with van der Waals surface area (Å²) in [5.41, 5.74) is 4.69. The number of benzene rings is 5. The minimum Gasteiger partial charge on any atom is -0.494 e. The number of aromatic nitrogens is 3. The predicted octanol–water partition coefficient (Wildman–Crippen LogP) is 8.45. The first-order chi connectivity index (χ1) is 24.4. The summed E-state index contributed by atoms with van der Waals surface area (Å²) in [6, 6.07) is 30.2. The third-order valence-corrected chi connectivity index (χ3v) is 8.58. The van der Waals surface area contributed by atoms with Gasteiger partial charge >= 0.3 is 0 Å². The molecule has 0 aliphatic heterocycles. The number of carbonyl (C=O) groups is 2. The molecule has 50 heavy (non-hydrogen) atoms. The Balaban J connectivity index is 1.12. The third-order valence-electron chi connectivity index (χ3n) is 8.28. The van der Waals surface area contributed by atoms with Gasteiger partial charge in [-0.15, -0.1) is 0 Å². The van der Waals surface area contributed by atoms with Crippen LogP contribution in [0.4, 0.5) is 21.6 Å². The van der Waals surface area contributed by atoms with Crippen LogP contribution in [-0.4, -0.2) is 34.3 Å². The van der Waals surface area contributed by atoms with Crippen LogP contribution in [0.1, 0.15) is 11.1 Å². The number of nitrogens with zero attached hydrogens (tertiary/aromatic N) is 3. The van der Waals surface area contributed by atoms with Crippen LogP contribution >= 0.6 is 11.6 Å². The van der Waals surface area contributed by atoms with Gasteiger partial charge < -0.3 is 24.9 Å². The molecule has 2 heterocycles. The Kier molecular flexibility index (Phi) is 9.18. The van der Waals surface area contributed by atoms with Gasteiger partial charge in [0.05, 0.1) is 40.3 Å². The fourth-order valence-electron chi connectivity index (χ4n) is 5.77. The number of methoxy groups -OCH3 is 1. The molecule has 248 valence electrons. The molecule has 0 fully saturated rings. The Morgan fingerprint density at radius 1 is 0.880 bits per heavy atom. The van der Waals surface area contributed by atoms with Crippen molar-refractivity contribution in [1.29, 1.82) is 0 Å². The lowest BCUT2D eigenvalue weighted by atomic mass is 9.95. The van der Waals surface area contributed by atoms with Crippen molar-refractivity contribution in [2.45, 2.75) is 13.0 Å². The molecule has 5 aromatic carbocycles. The average molecular weight is 686 g/mol. The van der Waals surface area contributed by atoms with Crippen molar-refractivity contribution in [3.8, 4) is 11.5 Å². The lowest BCUT2D eigenvalue weighted by molar-refractivity contribution is -0.125. The number of hydrogen-bond donors (Lipinski definition) is 2. The summed E-state index contributed by atoms with van der Waals surface area (Å²) >= 11 is 6.52. The number of nitrogens with one attached hydrogen (secondary N) is 2. The van der Waals surface area contributed by atoms with Crippen LogP contribution in [0.2, 0.25) is 5.02 Å². The lowest BCUT2D eigenvalue weighted by Gasteiger charge is -2.17. The van der Waals surface area contributed by atoms with Crippen molar-refractivity contribution in [1.82, 2.24) is 15.0 Å². The largest absolute Gasteiger partial charge is 0.494 e. The Bertz CT molecular complexity index is 2410. The molecule has 0 aliphatic carbocycles. The van der Waals surface area contributed by atoms with Crippen LogP contribution in [-0.2, 0) is 22.6 Å². The minimum atomic E-state index is -0.985. The zero-order valence-electron chi connectivity index (χ0n) is 26.7. The fraction of sp³-hybridized carbons (Fsp3) is 0.103. The summed E-state index contributed by atoms with van der Waals surface area (Å²) in [7, 11) is 1.49. The van der Waals surface area contributed by atoms with E-state index >= 15 is 0 Å². The van der Waals surface area contributed by atoms with E-state index in [1.807, 2.05) is 48.5 Å². The molecule has 2 N–H and O–H groups in total. The second-order valence-corrected chi connectivity index (χ2v) is 12.0. The zero-order chi connectivity index (χ0) is 34.6. The monoisotopic (exact) mass is 685 g/mol. The Morgan fingerprint density at radius 3 is 2.54 bits per heavy atom. The molecule has 0 radical (unpaired) electrons. The second-order valence-electron chi connectivity index (χ2n) is 11.6. The Labute approximate surface area is 291 Å². The molecule has 1 atom stereocenters. The number of hydrogen-bond acceptors (Lipinski definition) is 8. The van der Waals surface area contributed by atoms with E-state index in [-0.39, 0.29) is 18.8 Å². The van der Waals surface area contributed by atoms with Gasteiger partial charge in [0.25, 0.3) is 0 Å². The van der Waals surface area contributed by atoms with E-state index in [1.54, 1.807) is 42.5 Å². The fourth-order valence-corrected chi connectivity index (χ4v) is 6.01. The van der Waals surface area contributed by atoms with E-state index in [0.29, 0.717) is 56.5 Å². The van der Waals surface area contributed by atoms with Crippen LogP contribution in [0.15, 0.2) is 109 Å². The molecule has 0 saturated heterocycles. The predicted molar refractivity (Wildman–Crippen MR) is 193 cm³/mol. The molecule has 7 rings (SSSR count). The minimum absolute atomic E-state index is 0.151. The highest BCUT2D eigenvalue weighted by Crippen LogP contribution is 2.35. The van der Waals surface area contributed by atoms with Gasteiger partial charge in [-0.2, -0.15) is 0 Å². The van der Waals surface area contributed by atoms with E-state index in [4.69, 9.17) is 26.1 Å². The molecule has 1 amide bonds. The summed E-state index contributed by atoms with van der Waals surface area (Å²) in [5.74, 6) is -0.577. The van der Waals surface area contributed by atoms with Gasteiger partial charge in [0.1, 0.15) is 42.4 Å². The van der Waals surface area contributed by atoms with Crippen LogP contribution in [0.3, 0.4) is 0 Å². The lowest BCUT2D eigenvalue weighted by Crippen LogP contribution is -2.26. The number of pyridine rings is 1. The third kappa shape index (κ3) is 6.87. The normalized spacial score (nSPS) is 11.7. The van der Waals surface area contributed by atoms with Gasteiger partial charge in [0.2, 0.25) is 5.91 Å². The summed E-state index contributed by atoms with van der Waals surface area (Å²) in [4.78, 5) is 39.5. The number of para-hydroxylation sites is 1. The topological polar surface area (TPSA) is 115 Å². The smallest absolute Gasteiger partial charge is 0.235 e. The highest BCUT2D eigenvalue weighted by atomic mass is 35.5. The first kappa shape index (κ1) is 32.4. The van der Waals surface area contributed by atoms with Crippen molar-refractivity contribution < 1.29 is 23.5 Å². The molecule has 0 saturated carbocycles. The molecule has 1 unspecified atom stereocenters. The number of aldehydes is 1. The number of ether oxygens (including phenoxy) is 2. The first-order valence-electron chi connectivity index (χ1n) is 15.7. The molecular weight excluding hydrogens is 657 g/mol. The molecule has 7 aromatic rings. The van der Waals surface area contributed by atoms with Crippen molar-refractivity contribution >= 4 is 73.7 Å². The highest BCUT2D eigenvalue weighted by molar-refractivity contribution is 6.32. The Hall–Kier alpha value is -6.13. The summed E-state index contributed by atoms with van der Waals surface area (Å²) < 4.78 is 24.9. The first-order valence-corrected chi connectivity index (χ1v) is 16.1. The number of anilines is 3. The van der Waals surface area contributed by atoms with Gasteiger partial charge in [0, 0.05) is 27.9 Å². The van der Waals surface area contributed by atoms with Crippen LogP contribution in [0.25, 0.3) is 32.7 Å². The summed E-state index contributed by atoms with van der Waals surface area (Å²) in [6.07, 6.45) is 2.24. The van der Waals surface area contributed by atoms with E-state index in [1.165, 1.54) is 25.6 Å². The van der Waals surface area contributed by atoms with E-state index in [2.05, 4.69) is 20.6 Å². The molecule has 0 spiro atoms. The van der Waals surface area contributed by atoms with Gasteiger partial charge in [-0.3, -0.25) is 4.79 Å². The summed E-state index contributed by atoms with van der Waals surface area (Å²) in [6.45, 7) is 0.151. The van der Waals surface area contributed by atoms with Crippen molar-refractivity contribution in [3.63, 3.8) is 0 Å². The average Bonchev–Trinajstić information content (AvgIpc) is 3.12. The molecular formula is C39H29ClFN5O4. The van der Waals surface area contributed by atoms with Crippen molar-refractivity contribution in [2.75, 3.05) is 17.7 Å². The highest BCUT2D eigenvalue weighted by Gasteiger charge is 2.22. The molecule has 11 heteroatoms. The van der Waals surface area contributed by atoms with Crippen LogP contribution in [0, 0.1) is 11.7 Å². The zero-order valence-corrected chi connectivity index (χ0v) is 27.4. The van der Waals surface area contributed by atoms with Gasteiger partial charge in [0.15, 0.2) is 0 Å². The van der Waals surface area contributed by atoms with Gasteiger partial charge in [-0.25, -0.2) is 19.3 Å². The molecule has 0 bridgehead atoms. The van der Waals surface area contributed by atoms with E-state index in [9.17, 15) is 14.0 Å². The quantitative estimate of drug-likeness (QED) is 0.0792. The Morgan fingerprint density at radius 2 is 1.72 bits per heavy atom. The maximum atomic E-state index is 13.6. The van der Waals surface area contributed by atoms with E-state index in [0.717, 1.165) is 27.4 Å². The van der Waals surface area contributed by atoms with E-state index < -0.39 is 11.8 Å². The standard InChI is InChI=1S/C39H29ClFN5O4/c1-49-37-19-34-30(38(43-22-42-34)44-28-12-13-36(31(40)17-28)50-21-23-6-4-9-27(41)14-23)18-35(37)46-39(48)26(20-47)15-24-8-5-11-33-29(24)16-25-7-2-3-10-32(25)45-33/h2-14,16-20,22,26H,15,21H2,1H3,(H,46,48)(H,42,43,44). The van der Waals surface area contributed by atoms with Gasteiger partial charge in [-0.05, 0) is 72.1 Å². The number of fused-ring (bicyclic) bond motifs is 3. The molecule has 2 aromatic heterocycles.